The minimum absolute atomic E-state index is 0.0791. The Hall–Kier alpha value is -3.09. The second-order valence-corrected chi connectivity index (χ2v) is 5.60. The third-order valence-electron chi connectivity index (χ3n) is 3.89. The number of benzene rings is 1. The highest BCUT2D eigenvalue weighted by Gasteiger charge is 2.12. The molecular formula is C18H20N4O3. The van der Waals surface area contributed by atoms with Gasteiger partial charge in [0.2, 0.25) is 17.6 Å². The summed E-state index contributed by atoms with van der Waals surface area (Å²) >= 11 is 0. The second kappa shape index (κ2) is 7.65. The van der Waals surface area contributed by atoms with Crippen molar-refractivity contribution in [1.29, 1.82) is 0 Å². The van der Waals surface area contributed by atoms with Crippen molar-refractivity contribution in [2.24, 2.45) is 7.05 Å². The van der Waals surface area contributed by atoms with Crippen LogP contribution in [0.2, 0.25) is 0 Å². The lowest BCUT2D eigenvalue weighted by molar-refractivity contribution is -0.121. The maximum absolute atomic E-state index is 12.0. The van der Waals surface area contributed by atoms with E-state index in [0.29, 0.717) is 24.6 Å². The molecule has 2 heterocycles. The molecule has 0 unspecified atom stereocenters. The van der Waals surface area contributed by atoms with Gasteiger partial charge in [0.1, 0.15) is 5.75 Å². The highest BCUT2D eigenvalue weighted by molar-refractivity contribution is 5.76. The van der Waals surface area contributed by atoms with E-state index < -0.39 is 0 Å². The molecule has 2 aromatic heterocycles. The molecule has 0 aliphatic rings. The van der Waals surface area contributed by atoms with Gasteiger partial charge in [-0.25, -0.2) is 0 Å². The molecule has 1 aromatic carbocycles. The quantitative estimate of drug-likeness (QED) is 0.714. The Morgan fingerprint density at radius 1 is 1.28 bits per heavy atom. The van der Waals surface area contributed by atoms with Gasteiger partial charge in [-0.2, -0.15) is 4.98 Å². The molecule has 0 spiro atoms. The van der Waals surface area contributed by atoms with Gasteiger partial charge in [0.05, 0.1) is 19.3 Å². The zero-order chi connectivity index (χ0) is 17.6. The smallest absolute Gasteiger partial charge is 0.246 e. The summed E-state index contributed by atoms with van der Waals surface area (Å²) < 4.78 is 12.4. The number of carbonyl (C=O) groups excluding carboxylic acids is 1. The molecule has 25 heavy (non-hydrogen) atoms. The van der Waals surface area contributed by atoms with Crippen molar-refractivity contribution in [3.8, 4) is 17.3 Å². The number of aromatic nitrogens is 3. The van der Waals surface area contributed by atoms with Crippen LogP contribution < -0.4 is 10.1 Å². The predicted octanol–water partition coefficient (Wildman–Crippen LogP) is 2.33. The highest BCUT2D eigenvalue weighted by atomic mass is 16.5. The molecule has 1 N–H and O–H groups in total. The summed E-state index contributed by atoms with van der Waals surface area (Å²) in [6.45, 7) is 0.210. The molecule has 7 heteroatoms. The van der Waals surface area contributed by atoms with E-state index >= 15 is 0 Å². The van der Waals surface area contributed by atoms with Crippen molar-refractivity contribution < 1.29 is 14.1 Å². The van der Waals surface area contributed by atoms with Gasteiger partial charge >= 0.3 is 0 Å². The first-order chi connectivity index (χ1) is 12.2. The number of hydrogen-bond donors (Lipinski definition) is 1. The number of ether oxygens (including phenoxy) is 1. The third-order valence-corrected chi connectivity index (χ3v) is 3.89. The average Bonchev–Trinajstić information content (AvgIpc) is 3.26. The lowest BCUT2D eigenvalue weighted by Crippen LogP contribution is -2.23. The number of aryl methyl sites for hydroxylation is 2. The van der Waals surface area contributed by atoms with Crippen molar-refractivity contribution in [3.05, 3.63) is 54.0 Å². The molecule has 1 amide bonds. The molecule has 0 atom stereocenters. The number of hydrogen-bond acceptors (Lipinski definition) is 5. The van der Waals surface area contributed by atoms with E-state index in [1.54, 1.807) is 7.11 Å². The summed E-state index contributed by atoms with van der Waals surface area (Å²) in [5, 5.41) is 6.74. The lowest BCUT2D eigenvalue weighted by Gasteiger charge is -2.07. The summed E-state index contributed by atoms with van der Waals surface area (Å²) in [5.41, 5.74) is 1.86. The zero-order valence-corrected chi connectivity index (χ0v) is 14.2. The Bertz CT molecular complexity index is 853. The van der Waals surface area contributed by atoms with Crippen LogP contribution in [0.5, 0.6) is 5.75 Å². The number of nitrogens with one attached hydrogen (secondary N) is 1. The standard InChI is InChI=1S/C18H20N4O3/c1-22-11-5-7-14(22)18-20-17(25-21-18)12-19-16(23)10-9-13-6-3-4-8-15(13)24-2/h3-8,11H,9-10,12H2,1-2H3,(H,19,23). The Labute approximate surface area is 145 Å². The molecule has 0 aliphatic carbocycles. The van der Waals surface area contributed by atoms with Crippen LogP contribution in [0.4, 0.5) is 0 Å². The van der Waals surface area contributed by atoms with Crippen molar-refractivity contribution in [2.45, 2.75) is 19.4 Å². The fourth-order valence-electron chi connectivity index (χ4n) is 2.54. The van der Waals surface area contributed by atoms with Crippen LogP contribution in [0.25, 0.3) is 11.5 Å². The second-order valence-electron chi connectivity index (χ2n) is 5.60. The van der Waals surface area contributed by atoms with Gasteiger partial charge in [-0.1, -0.05) is 23.4 Å². The van der Waals surface area contributed by atoms with Gasteiger partial charge in [-0.05, 0) is 30.2 Å². The number of carbonyl (C=O) groups is 1. The van der Waals surface area contributed by atoms with E-state index in [1.807, 2.05) is 54.2 Å². The van der Waals surface area contributed by atoms with Crippen molar-refractivity contribution in [3.63, 3.8) is 0 Å². The van der Waals surface area contributed by atoms with E-state index in [2.05, 4.69) is 15.5 Å². The van der Waals surface area contributed by atoms with Gasteiger partial charge in [-0.15, -0.1) is 0 Å². The molecule has 0 radical (unpaired) electrons. The molecule has 0 fully saturated rings. The lowest BCUT2D eigenvalue weighted by atomic mass is 10.1. The fraction of sp³-hybridized carbons (Fsp3) is 0.278. The van der Waals surface area contributed by atoms with Crippen LogP contribution in [-0.4, -0.2) is 27.7 Å². The van der Waals surface area contributed by atoms with Gasteiger partial charge in [0, 0.05) is 19.7 Å². The molecule has 130 valence electrons. The maximum Gasteiger partial charge on any atom is 0.246 e. The minimum atomic E-state index is -0.0791. The number of rotatable bonds is 7. The van der Waals surface area contributed by atoms with Crippen LogP contribution >= 0.6 is 0 Å². The highest BCUT2D eigenvalue weighted by Crippen LogP contribution is 2.19. The summed E-state index contributed by atoms with van der Waals surface area (Å²) in [7, 11) is 3.53. The summed E-state index contributed by atoms with van der Waals surface area (Å²) in [4.78, 5) is 16.3. The minimum Gasteiger partial charge on any atom is -0.496 e. The Balaban J connectivity index is 1.51. The first kappa shape index (κ1) is 16.8. The van der Waals surface area contributed by atoms with Crippen LogP contribution in [0.3, 0.4) is 0 Å². The predicted molar refractivity (Wildman–Crippen MR) is 91.9 cm³/mol. The molecule has 0 saturated heterocycles. The molecule has 0 saturated carbocycles. The van der Waals surface area contributed by atoms with Crippen LogP contribution in [0, 0.1) is 0 Å². The Kier molecular flexibility index (Phi) is 5.13. The number of nitrogens with zero attached hydrogens (tertiary/aromatic N) is 3. The van der Waals surface area contributed by atoms with Crippen molar-refractivity contribution in [2.75, 3.05) is 7.11 Å². The van der Waals surface area contributed by atoms with Crippen molar-refractivity contribution >= 4 is 5.91 Å². The van der Waals surface area contributed by atoms with Gasteiger partial charge in [0.25, 0.3) is 0 Å². The third kappa shape index (κ3) is 4.06. The molecular weight excluding hydrogens is 320 g/mol. The van der Waals surface area contributed by atoms with Gasteiger partial charge in [0.15, 0.2) is 0 Å². The van der Waals surface area contributed by atoms with E-state index in [0.717, 1.165) is 17.0 Å². The Morgan fingerprint density at radius 3 is 2.88 bits per heavy atom. The fourth-order valence-corrected chi connectivity index (χ4v) is 2.54. The van der Waals surface area contributed by atoms with Crippen LogP contribution in [0.15, 0.2) is 47.1 Å². The number of para-hydroxylation sites is 1. The topological polar surface area (TPSA) is 82.2 Å². The first-order valence-corrected chi connectivity index (χ1v) is 8.00. The Morgan fingerprint density at radius 2 is 2.12 bits per heavy atom. The van der Waals surface area contributed by atoms with E-state index in [4.69, 9.17) is 9.26 Å². The van der Waals surface area contributed by atoms with E-state index in [9.17, 15) is 4.79 Å². The van der Waals surface area contributed by atoms with E-state index in [1.165, 1.54) is 0 Å². The average molecular weight is 340 g/mol. The number of methoxy groups -OCH3 is 1. The van der Waals surface area contributed by atoms with Crippen LogP contribution in [-0.2, 0) is 24.8 Å². The monoisotopic (exact) mass is 340 g/mol. The molecule has 3 rings (SSSR count). The normalized spacial score (nSPS) is 10.6. The molecule has 3 aromatic rings. The zero-order valence-electron chi connectivity index (χ0n) is 14.2. The summed E-state index contributed by atoms with van der Waals surface area (Å²) in [5.74, 6) is 1.59. The SMILES string of the molecule is COc1ccccc1CCC(=O)NCc1nc(-c2cccn2C)no1. The first-order valence-electron chi connectivity index (χ1n) is 8.00. The summed E-state index contributed by atoms with van der Waals surface area (Å²) in [6, 6.07) is 11.5. The van der Waals surface area contributed by atoms with Gasteiger partial charge in [-0.3, -0.25) is 4.79 Å². The summed E-state index contributed by atoms with van der Waals surface area (Å²) in [6.07, 6.45) is 2.87. The molecule has 0 aliphatic heterocycles. The van der Waals surface area contributed by atoms with E-state index in [-0.39, 0.29) is 12.5 Å². The molecule has 7 nitrogen and oxygen atoms in total. The number of amides is 1. The van der Waals surface area contributed by atoms with Gasteiger partial charge < -0.3 is 19.1 Å². The largest absolute Gasteiger partial charge is 0.496 e. The maximum atomic E-state index is 12.0. The van der Waals surface area contributed by atoms with Crippen LogP contribution in [0.1, 0.15) is 17.9 Å². The molecule has 0 bridgehead atoms. The van der Waals surface area contributed by atoms with Crippen molar-refractivity contribution in [1.82, 2.24) is 20.0 Å².